The average molecular weight is 293 g/mol. The van der Waals surface area contributed by atoms with Crippen molar-refractivity contribution in [3.63, 3.8) is 0 Å². The Kier molecular flexibility index (Phi) is 287. The third kappa shape index (κ3) is 220. The first-order chi connectivity index (χ1) is 2.83. The molecule has 0 radical (unpaired) electrons. The van der Waals surface area contributed by atoms with Crippen LogP contribution in [-0.2, 0) is 44.7 Å². The first-order valence-electron chi connectivity index (χ1n) is 0.855. The Hall–Kier alpha value is 1.88. The second-order valence-corrected chi connectivity index (χ2v) is 0.548. The fourth-order valence-electron chi connectivity index (χ4n) is 0. The molecule has 0 saturated carbocycles. The summed E-state index contributed by atoms with van der Waals surface area (Å²) in [7, 11) is 0. The molecule has 2 nitrogen and oxygen atoms in total. The van der Waals surface area contributed by atoms with Gasteiger partial charge in [0.05, 0.1) is 0 Å². The van der Waals surface area contributed by atoms with Crippen molar-refractivity contribution in [1.29, 1.82) is 10.5 Å². The average Bonchev–Trinajstić information content (AvgIpc) is 1.39. The number of halogens is 2. The third-order valence-electron chi connectivity index (χ3n) is 0. The topological polar surface area (TPSA) is 47.6 Å². The van der Waals surface area contributed by atoms with E-state index in [1.165, 1.54) is 10.8 Å². The van der Waals surface area contributed by atoms with Gasteiger partial charge in [-0.3, -0.25) is 0 Å². The molecule has 0 amide bonds. The zero-order valence-electron chi connectivity index (χ0n) is 4.88. The summed E-state index contributed by atoms with van der Waals surface area (Å²) in [5.41, 5.74) is 0. The first kappa shape index (κ1) is 40.7. The normalized spacial score (nSPS) is 1.40. The summed E-state index contributed by atoms with van der Waals surface area (Å²) in [6.07, 6.45) is 0. The molecule has 0 rings (SSSR count). The molecule has 0 aromatic rings. The number of rotatable bonds is 0. The molecule has 0 aliphatic rings. The van der Waals surface area contributed by atoms with Crippen molar-refractivity contribution in [3.8, 4) is 10.8 Å². The van der Waals surface area contributed by atoms with Gasteiger partial charge in [-0.05, 0) is 0 Å². The first-order valence-corrected chi connectivity index (χ1v) is 1.67. The van der Waals surface area contributed by atoms with Crippen LogP contribution in [0.3, 0.4) is 0 Å². The van der Waals surface area contributed by atoms with E-state index in [1.807, 2.05) is 0 Å². The Morgan fingerprint density at radius 3 is 0.900 bits per heavy atom. The molecule has 8 heteroatoms. The largest absolute Gasteiger partial charge is 2.00 e. The van der Waals surface area contributed by atoms with E-state index in [4.69, 9.17) is 10.5 Å². The fourth-order valence-corrected chi connectivity index (χ4v) is 0. The standard InChI is InChI=1S/2CHNS.Ca.2ClH.Zn/c2*2-1-3;;;;/h2*3H;;2*1H;/q;;+2;;;+2/p-4. The molecule has 0 aromatic heterocycles. The molecule has 0 spiro atoms. The van der Waals surface area contributed by atoms with Crippen LogP contribution in [-0.4, -0.2) is 37.7 Å². The number of hydrogen-bond acceptors (Lipinski definition) is 4. The van der Waals surface area contributed by atoms with E-state index >= 15 is 0 Å². The van der Waals surface area contributed by atoms with Gasteiger partial charge in [0.25, 0.3) is 0 Å². The second-order valence-electron chi connectivity index (χ2n) is 0.183. The van der Waals surface area contributed by atoms with Crippen molar-refractivity contribution in [3.05, 3.63) is 0 Å². The summed E-state index contributed by atoms with van der Waals surface area (Å²) >= 11 is 7.40. The predicted molar refractivity (Wildman–Crippen MR) is 31.7 cm³/mol. The van der Waals surface area contributed by atoms with Crippen LogP contribution >= 0.6 is 0 Å². The Bertz CT molecular complexity index is 80.2. The van der Waals surface area contributed by atoms with E-state index in [2.05, 4.69) is 25.3 Å². The maximum absolute atomic E-state index is 7.13. The van der Waals surface area contributed by atoms with E-state index in [-0.39, 0.29) is 82.0 Å². The van der Waals surface area contributed by atoms with E-state index in [0.717, 1.165) is 0 Å². The molecule has 10 heavy (non-hydrogen) atoms. The van der Waals surface area contributed by atoms with Gasteiger partial charge in [-0.2, -0.15) is 0 Å². The number of hydrogen-bond donors (Lipinski definition) is 0. The maximum atomic E-state index is 7.13. The molecule has 0 saturated heterocycles. The Morgan fingerprint density at radius 2 is 0.900 bits per heavy atom. The second kappa shape index (κ2) is 70.5. The van der Waals surface area contributed by atoms with Gasteiger partial charge in [-0.15, -0.1) is 0 Å². The fraction of sp³-hybridized carbons (Fsp3) is 0. The quantitative estimate of drug-likeness (QED) is 0.253. The van der Waals surface area contributed by atoms with Crippen LogP contribution in [0.1, 0.15) is 0 Å². The summed E-state index contributed by atoms with van der Waals surface area (Å²) in [5.74, 6) is 0. The molecule has 0 aliphatic heterocycles. The van der Waals surface area contributed by atoms with Crippen LogP contribution in [0.15, 0.2) is 0 Å². The minimum absolute atomic E-state index is 0. The van der Waals surface area contributed by atoms with Gasteiger partial charge in [0.1, 0.15) is 0 Å². The summed E-state index contributed by atoms with van der Waals surface area (Å²) in [6.45, 7) is 0. The molecule has 0 bridgehead atoms. The van der Waals surface area contributed by atoms with Crippen LogP contribution in [0.4, 0.5) is 0 Å². The van der Waals surface area contributed by atoms with Crippen LogP contribution < -0.4 is 24.8 Å². The Balaban J connectivity index is -0.00000000571. The SMILES string of the molecule is N#C[S-].N#C[S-].[Ca+2].[Cl-].[Cl-].[Zn+2]. The molecule has 0 heterocycles. The molecule has 0 atom stereocenters. The molecular weight excluding hydrogens is 293 g/mol. The van der Waals surface area contributed by atoms with Gasteiger partial charge in [0.15, 0.2) is 0 Å². The smallest absolute Gasteiger partial charge is 1.00 e. The van der Waals surface area contributed by atoms with Gasteiger partial charge in [0.2, 0.25) is 0 Å². The van der Waals surface area contributed by atoms with Crippen molar-refractivity contribution in [2.75, 3.05) is 0 Å². The van der Waals surface area contributed by atoms with Crippen molar-refractivity contribution >= 4 is 63.0 Å². The Morgan fingerprint density at radius 1 is 0.900 bits per heavy atom. The summed E-state index contributed by atoms with van der Waals surface area (Å²) in [6, 6.07) is 0. The van der Waals surface area contributed by atoms with Crippen LogP contribution in [0.2, 0.25) is 0 Å². The molecule has 48 valence electrons. The van der Waals surface area contributed by atoms with Gasteiger partial charge >= 0.3 is 57.2 Å². The summed E-state index contributed by atoms with van der Waals surface area (Å²) < 4.78 is 0. The van der Waals surface area contributed by atoms with Gasteiger partial charge in [0, 0.05) is 0 Å². The van der Waals surface area contributed by atoms with Gasteiger partial charge < -0.3 is 50.1 Å². The zero-order valence-corrected chi connectivity index (χ0v) is 13.2. The van der Waals surface area contributed by atoms with Gasteiger partial charge in [-0.1, -0.05) is 10.8 Å². The van der Waals surface area contributed by atoms with E-state index in [9.17, 15) is 0 Å². The molecular formula is C2CaCl2N2S2Zn. The molecule has 0 unspecified atom stereocenters. The number of thiocyanates is 2. The molecule has 0 aromatic carbocycles. The van der Waals surface area contributed by atoms with Crippen molar-refractivity contribution in [2.24, 2.45) is 0 Å². The van der Waals surface area contributed by atoms with Gasteiger partial charge in [-0.25, -0.2) is 10.5 Å². The monoisotopic (exact) mass is 290 g/mol. The van der Waals surface area contributed by atoms with Crippen LogP contribution in [0.25, 0.3) is 0 Å². The zero-order chi connectivity index (χ0) is 5.41. The van der Waals surface area contributed by atoms with Crippen molar-refractivity contribution < 1.29 is 44.3 Å². The number of nitriles is 2. The van der Waals surface area contributed by atoms with E-state index in [1.54, 1.807) is 0 Å². The third-order valence-corrected chi connectivity index (χ3v) is 0. The molecule has 0 fully saturated rings. The van der Waals surface area contributed by atoms with E-state index < -0.39 is 0 Å². The number of nitrogens with zero attached hydrogens (tertiary/aromatic N) is 2. The Labute approximate surface area is 127 Å². The van der Waals surface area contributed by atoms with Crippen LogP contribution in [0.5, 0.6) is 0 Å². The van der Waals surface area contributed by atoms with E-state index in [0.29, 0.717) is 0 Å². The predicted octanol–water partition coefficient (Wildman–Crippen LogP) is -6.35. The van der Waals surface area contributed by atoms with Crippen LogP contribution in [0, 0.1) is 21.3 Å². The molecule has 0 N–H and O–H groups in total. The van der Waals surface area contributed by atoms with Crippen molar-refractivity contribution in [2.45, 2.75) is 0 Å². The minimum atomic E-state index is 0. The minimum Gasteiger partial charge on any atom is -1.00 e. The maximum Gasteiger partial charge on any atom is 2.00 e. The van der Waals surface area contributed by atoms with Crippen molar-refractivity contribution in [1.82, 2.24) is 0 Å². The molecule has 0 aliphatic carbocycles. The summed E-state index contributed by atoms with van der Waals surface area (Å²) in [5, 5.41) is 16.9. The summed E-state index contributed by atoms with van der Waals surface area (Å²) in [4.78, 5) is 0.